The molecule has 1 unspecified atom stereocenters. The van der Waals surface area contributed by atoms with Crippen LogP contribution in [0.3, 0.4) is 0 Å². The van der Waals surface area contributed by atoms with Crippen LogP contribution in [0.5, 0.6) is 0 Å². The molecule has 0 aliphatic carbocycles. The van der Waals surface area contributed by atoms with Crippen LogP contribution in [0.4, 0.5) is 13.2 Å². The first-order valence-corrected chi connectivity index (χ1v) is 8.33. The monoisotopic (exact) mass is 368 g/mol. The summed E-state index contributed by atoms with van der Waals surface area (Å²) in [6.45, 7) is 0. The Bertz CT molecular complexity index is 970. The molecule has 0 bridgehead atoms. The smallest absolute Gasteiger partial charge is 0.246 e. The van der Waals surface area contributed by atoms with Crippen LogP contribution < -0.4 is 5.48 Å². The number of hydrogen-bond donors (Lipinski definition) is 1. The molecule has 27 heavy (non-hydrogen) atoms. The van der Waals surface area contributed by atoms with Gasteiger partial charge >= 0.3 is 6.18 Å². The fraction of sp³-hybridized carbons (Fsp3) is 0.0952. The van der Waals surface area contributed by atoms with E-state index in [1.54, 1.807) is 30.3 Å². The van der Waals surface area contributed by atoms with E-state index in [9.17, 15) is 13.2 Å². The van der Waals surface area contributed by atoms with Crippen LogP contribution in [0, 0.1) is 0 Å². The number of nitrogens with one attached hydrogen (secondary N) is 1. The SMILES string of the molecule is FC(F)(F)c1cc(-c2ccccc2)cc(C2N=C(c3ccccc3)NO2)c1. The normalized spacial score (nSPS) is 16.7. The van der Waals surface area contributed by atoms with Gasteiger partial charge in [-0.25, -0.2) is 15.3 Å². The summed E-state index contributed by atoms with van der Waals surface area (Å²) in [6.07, 6.45) is -5.32. The van der Waals surface area contributed by atoms with E-state index in [1.807, 2.05) is 36.4 Å². The standard InChI is InChI=1S/C21H15F3N2O/c22-21(23,24)18-12-16(14-7-3-1-4-8-14)11-17(13-18)20-25-19(26-27-20)15-9-5-2-6-10-15/h1-13,20H,(H,25,26). The first-order chi connectivity index (χ1) is 13.0. The third kappa shape index (κ3) is 3.71. The Hall–Kier alpha value is -3.12. The fourth-order valence-corrected chi connectivity index (χ4v) is 2.91. The number of aliphatic imine (C=N–C) groups is 1. The third-order valence-corrected chi connectivity index (χ3v) is 4.24. The molecule has 1 N–H and O–H groups in total. The largest absolute Gasteiger partial charge is 0.416 e. The molecule has 136 valence electrons. The number of hydroxylamine groups is 1. The van der Waals surface area contributed by atoms with E-state index in [2.05, 4.69) is 10.5 Å². The minimum Gasteiger partial charge on any atom is -0.246 e. The molecular formula is C21H15F3N2O. The van der Waals surface area contributed by atoms with Gasteiger partial charge in [-0.2, -0.15) is 13.2 Å². The van der Waals surface area contributed by atoms with Crippen LogP contribution in [0.15, 0.2) is 83.9 Å². The van der Waals surface area contributed by atoms with Crippen molar-refractivity contribution in [2.75, 3.05) is 0 Å². The van der Waals surface area contributed by atoms with E-state index in [-0.39, 0.29) is 0 Å². The van der Waals surface area contributed by atoms with Crippen LogP contribution in [0.1, 0.15) is 22.9 Å². The summed E-state index contributed by atoms with van der Waals surface area (Å²) in [5.41, 5.74) is 4.28. The topological polar surface area (TPSA) is 33.6 Å². The van der Waals surface area contributed by atoms with Crippen molar-refractivity contribution in [3.8, 4) is 11.1 Å². The maximum atomic E-state index is 13.4. The van der Waals surface area contributed by atoms with Crippen molar-refractivity contribution < 1.29 is 18.0 Å². The van der Waals surface area contributed by atoms with Gasteiger partial charge in [0.25, 0.3) is 0 Å². The van der Waals surface area contributed by atoms with Gasteiger partial charge in [-0.3, -0.25) is 0 Å². The molecule has 1 aliphatic heterocycles. The lowest BCUT2D eigenvalue weighted by Gasteiger charge is -2.14. The second-order valence-electron chi connectivity index (χ2n) is 6.12. The van der Waals surface area contributed by atoms with Crippen molar-refractivity contribution >= 4 is 5.84 Å². The van der Waals surface area contributed by atoms with Crippen LogP contribution in [0.25, 0.3) is 11.1 Å². The number of benzene rings is 3. The summed E-state index contributed by atoms with van der Waals surface area (Å²) in [5, 5.41) is 0. The molecule has 0 spiro atoms. The average Bonchev–Trinajstić information content (AvgIpc) is 3.19. The van der Waals surface area contributed by atoms with E-state index in [0.29, 0.717) is 22.5 Å². The Morgan fingerprint density at radius 3 is 2.04 bits per heavy atom. The van der Waals surface area contributed by atoms with Gasteiger partial charge in [0.15, 0.2) is 5.84 Å². The maximum Gasteiger partial charge on any atom is 0.416 e. The number of halogens is 3. The van der Waals surface area contributed by atoms with Gasteiger partial charge in [0.1, 0.15) is 0 Å². The zero-order valence-electron chi connectivity index (χ0n) is 14.1. The molecule has 1 heterocycles. The Kier molecular flexibility index (Phi) is 4.41. The van der Waals surface area contributed by atoms with Gasteiger partial charge in [0.05, 0.1) is 5.56 Å². The highest BCUT2D eigenvalue weighted by Crippen LogP contribution is 2.36. The van der Waals surface area contributed by atoms with Crippen molar-refractivity contribution in [1.82, 2.24) is 5.48 Å². The second-order valence-corrected chi connectivity index (χ2v) is 6.12. The van der Waals surface area contributed by atoms with Crippen molar-refractivity contribution in [2.24, 2.45) is 4.99 Å². The average molecular weight is 368 g/mol. The lowest BCUT2D eigenvalue weighted by atomic mass is 9.99. The quantitative estimate of drug-likeness (QED) is 0.676. The minimum atomic E-state index is -4.46. The summed E-state index contributed by atoms with van der Waals surface area (Å²) in [6, 6.07) is 22.1. The molecule has 3 aromatic carbocycles. The van der Waals surface area contributed by atoms with Gasteiger partial charge in [-0.05, 0) is 29.3 Å². The van der Waals surface area contributed by atoms with E-state index in [1.165, 1.54) is 0 Å². The molecule has 3 nitrogen and oxygen atoms in total. The molecule has 0 aromatic heterocycles. The number of alkyl halides is 3. The lowest BCUT2D eigenvalue weighted by molar-refractivity contribution is -0.137. The second kappa shape index (κ2) is 6.89. The predicted octanol–water partition coefficient (Wildman–Crippen LogP) is 5.35. The molecule has 0 fully saturated rings. The number of hydrogen-bond acceptors (Lipinski definition) is 3. The molecule has 0 saturated carbocycles. The molecule has 1 atom stereocenters. The van der Waals surface area contributed by atoms with Crippen molar-refractivity contribution in [2.45, 2.75) is 12.4 Å². The third-order valence-electron chi connectivity index (χ3n) is 4.24. The lowest BCUT2D eigenvalue weighted by Crippen LogP contribution is -2.18. The number of amidine groups is 1. The Labute approximate surface area is 154 Å². The summed E-state index contributed by atoms with van der Waals surface area (Å²) < 4.78 is 40.2. The minimum absolute atomic E-state index is 0.335. The number of rotatable bonds is 3. The van der Waals surface area contributed by atoms with Gasteiger partial charge < -0.3 is 0 Å². The van der Waals surface area contributed by atoms with Crippen molar-refractivity contribution in [1.29, 1.82) is 0 Å². The van der Waals surface area contributed by atoms with Crippen molar-refractivity contribution in [3.05, 3.63) is 95.6 Å². The van der Waals surface area contributed by atoms with E-state index in [4.69, 9.17) is 4.84 Å². The van der Waals surface area contributed by atoms with Gasteiger partial charge in [-0.1, -0.05) is 60.7 Å². The summed E-state index contributed by atoms with van der Waals surface area (Å²) >= 11 is 0. The van der Waals surface area contributed by atoms with Crippen LogP contribution >= 0.6 is 0 Å². The summed E-state index contributed by atoms with van der Waals surface area (Å²) in [5.74, 6) is 0.485. The first kappa shape index (κ1) is 17.3. The number of nitrogens with zero attached hydrogens (tertiary/aromatic N) is 1. The fourth-order valence-electron chi connectivity index (χ4n) is 2.91. The van der Waals surface area contributed by atoms with Gasteiger partial charge in [0.2, 0.25) is 6.23 Å². The summed E-state index contributed by atoms with van der Waals surface area (Å²) in [4.78, 5) is 9.85. The zero-order valence-corrected chi connectivity index (χ0v) is 14.1. The maximum absolute atomic E-state index is 13.4. The molecule has 0 saturated heterocycles. The van der Waals surface area contributed by atoms with Gasteiger partial charge in [-0.15, -0.1) is 0 Å². The molecule has 0 amide bonds. The zero-order chi connectivity index (χ0) is 18.9. The molecule has 6 heteroatoms. The Morgan fingerprint density at radius 1 is 0.778 bits per heavy atom. The molecule has 3 aromatic rings. The molecule has 0 radical (unpaired) electrons. The summed E-state index contributed by atoms with van der Waals surface area (Å²) in [7, 11) is 0. The predicted molar refractivity (Wildman–Crippen MR) is 96.8 cm³/mol. The van der Waals surface area contributed by atoms with E-state index < -0.39 is 18.0 Å². The first-order valence-electron chi connectivity index (χ1n) is 8.33. The van der Waals surface area contributed by atoms with Crippen molar-refractivity contribution in [3.63, 3.8) is 0 Å². The Morgan fingerprint density at radius 2 is 1.41 bits per heavy atom. The van der Waals surface area contributed by atoms with Crippen LogP contribution in [0.2, 0.25) is 0 Å². The highest BCUT2D eigenvalue weighted by atomic mass is 19.4. The molecular weight excluding hydrogens is 353 g/mol. The van der Waals surface area contributed by atoms with E-state index in [0.717, 1.165) is 17.7 Å². The van der Waals surface area contributed by atoms with Crippen LogP contribution in [-0.4, -0.2) is 5.84 Å². The molecule has 4 rings (SSSR count). The van der Waals surface area contributed by atoms with Gasteiger partial charge in [0, 0.05) is 11.1 Å². The highest BCUT2D eigenvalue weighted by molar-refractivity contribution is 5.98. The highest BCUT2D eigenvalue weighted by Gasteiger charge is 2.33. The van der Waals surface area contributed by atoms with Crippen LogP contribution in [-0.2, 0) is 11.0 Å². The Balaban J connectivity index is 1.75. The van der Waals surface area contributed by atoms with E-state index >= 15 is 0 Å². The molecule has 1 aliphatic rings.